The maximum atomic E-state index is 12.4. The summed E-state index contributed by atoms with van der Waals surface area (Å²) in [6.07, 6.45) is 3.29. The Morgan fingerprint density at radius 3 is 2.55 bits per heavy atom. The van der Waals surface area contributed by atoms with Crippen LogP contribution in [0.1, 0.15) is 42.3 Å². The first-order valence-corrected chi connectivity index (χ1v) is 9.97. The van der Waals surface area contributed by atoms with E-state index in [4.69, 9.17) is 10.2 Å². The molecule has 1 heterocycles. The van der Waals surface area contributed by atoms with Crippen molar-refractivity contribution in [2.24, 2.45) is 5.73 Å². The molecular weight excluding hydrogens is 366 g/mol. The number of nitrogens with one attached hydrogen (secondary N) is 2. The van der Waals surface area contributed by atoms with Gasteiger partial charge in [0.05, 0.1) is 6.42 Å². The maximum Gasteiger partial charge on any atom is 0.291 e. The van der Waals surface area contributed by atoms with Gasteiger partial charge >= 0.3 is 0 Å². The van der Waals surface area contributed by atoms with Crippen molar-refractivity contribution in [2.45, 2.75) is 38.6 Å². The average Bonchev–Trinajstić information content (AvgIpc) is 3.17. The molecule has 0 radical (unpaired) electrons. The molecule has 29 heavy (non-hydrogen) atoms. The van der Waals surface area contributed by atoms with Crippen molar-refractivity contribution in [2.75, 3.05) is 11.9 Å². The van der Waals surface area contributed by atoms with E-state index in [1.165, 1.54) is 0 Å². The number of rotatable bonds is 9. The molecule has 2 aromatic carbocycles. The van der Waals surface area contributed by atoms with Crippen molar-refractivity contribution in [3.63, 3.8) is 0 Å². The first kappa shape index (κ1) is 20.6. The van der Waals surface area contributed by atoms with Gasteiger partial charge in [-0.3, -0.25) is 9.59 Å². The summed E-state index contributed by atoms with van der Waals surface area (Å²) in [7, 11) is 0. The van der Waals surface area contributed by atoms with Crippen LogP contribution in [-0.4, -0.2) is 24.4 Å². The summed E-state index contributed by atoms with van der Waals surface area (Å²) in [6, 6.07) is 16.4. The lowest BCUT2D eigenvalue weighted by molar-refractivity contribution is -0.121. The van der Waals surface area contributed by atoms with Crippen LogP contribution in [-0.2, 0) is 11.2 Å². The maximum absolute atomic E-state index is 12.4. The molecule has 6 heteroatoms. The molecule has 1 atom stereocenters. The van der Waals surface area contributed by atoms with Crippen LogP contribution in [0.5, 0.6) is 0 Å². The Hall–Kier alpha value is -3.12. The Balaban J connectivity index is 1.55. The second kappa shape index (κ2) is 9.89. The van der Waals surface area contributed by atoms with E-state index in [0.717, 1.165) is 30.2 Å². The molecule has 0 aliphatic rings. The van der Waals surface area contributed by atoms with Crippen molar-refractivity contribution in [1.29, 1.82) is 0 Å². The molecule has 6 nitrogen and oxygen atoms in total. The number of benzene rings is 2. The number of amides is 2. The highest BCUT2D eigenvalue weighted by molar-refractivity contribution is 6.04. The van der Waals surface area contributed by atoms with Crippen LogP contribution in [0.3, 0.4) is 0 Å². The quantitative estimate of drug-likeness (QED) is 0.514. The molecular formula is C23H27N3O3. The van der Waals surface area contributed by atoms with Gasteiger partial charge in [0, 0.05) is 23.7 Å². The first-order chi connectivity index (χ1) is 14.1. The summed E-state index contributed by atoms with van der Waals surface area (Å²) >= 11 is 0. The number of fused-ring (bicyclic) bond motifs is 1. The molecule has 0 fully saturated rings. The van der Waals surface area contributed by atoms with Crippen molar-refractivity contribution in [3.05, 3.63) is 65.9 Å². The second-order valence-electron chi connectivity index (χ2n) is 7.12. The van der Waals surface area contributed by atoms with Gasteiger partial charge in [-0.25, -0.2) is 0 Å². The number of hydrogen-bond acceptors (Lipinski definition) is 4. The van der Waals surface area contributed by atoms with Gasteiger partial charge in [-0.1, -0.05) is 50.1 Å². The molecule has 3 rings (SSSR count). The Labute approximate surface area is 170 Å². The minimum atomic E-state index is -0.312. The normalized spacial score (nSPS) is 11.9. The lowest BCUT2D eigenvalue weighted by atomic mass is 10.1. The van der Waals surface area contributed by atoms with E-state index >= 15 is 0 Å². The summed E-state index contributed by atoms with van der Waals surface area (Å²) < 4.78 is 5.58. The van der Waals surface area contributed by atoms with Crippen molar-refractivity contribution in [3.8, 4) is 0 Å². The standard InChI is InChI=1S/C23H27N3O3/c1-2-3-7-19(15-24)25-22(27)13-16-9-11-18(12-10-16)26-23(28)21-14-17-6-4-5-8-20(17)29-21/h4-6,8-12,14,19H,2-3,7,13,15,24H2,1H3,(H,25,27)(H,26,28). The van der Waals surface area contributed by atoms with Gasteiger partial charge < -0.3 is 20.8 Å². The molecule has 0 bridgehead atoms. The summed E-state index contributed by atoms with van der Waals surface area (Å²) in [5.74, 6) is -0.0985. The van der Waals surface area contributed by atoms with Crippen molar-refractivity contribution < 1.29 is 14.0 Å². The average molecular weight is 393 g/mol. The Morgan fingerprint density at radius 2 is 1.86 bits per heavy atom. The number of para-hydroxylation sites is 1. The van der Waals surface area contributed by atoms with Gasteiger partial charge in [0.2, 0.25) is 5.91 Å². The number of anilines is 1. The minimum absolute atomic E-state index is 0.0184. The fourth-order valence-electron chi connectivity index (χ4n) is 3.16. The molecule has 2 amide bonds. The number of nitrogens with two attached hydrogens (primary N) is 1. The summed E-state index contributed by atoms with van der Waals surface area (Å²) in [5, 5.41) is 6.68. The molecule has 0 saturated carbocycles. The van der Waals surface area contributed by atoms with Gasteiger partial charge in [-0.2, -0.15) is 0 Å². The fraction of sp³-hybridized carbons (Fsp3) is 0.304. The molecule has 3 aromatic rings. The second-order valence-corrected chi connectivity index (χ2v) is 7.12. The number of carbonyl (C=O) groups excluding carboxylic acids is 2. The zero-order valence-electron chi connectivity index (χ0n) is 16.6. The predicted molar refractivity (Wildman–Crippen MR) is 115 cm³/mol. The lowest BCUT2D eigenvalue weighted by Crippen LogP contribution is -2.40. The number of furan rings is 1. The monoisotopic (exact) mass is 393 g/mol. The Bertz CT molecular complexity index is 930. The molecule has 4 N–H and O–H groups in total. The van der Waals surface area contributed by atoms with Crippen molar-refractivity contribution in [1.82, 2.24) is 5.32 Å². The smallest absolute Gasteiger partial charge is 0.291 e. The van der Waals surface area contributed by atoms with E-state index in [9.17, 15) is 9.59 Å². The van der Waals surface area contributed by atoms with E-state index in [-0.39, 0.29) is 30.0 Å². The van der Waals surface area contributed by atoms with E-state index < -0.39 is 0 Å². The van der Waals surface area contributed by atoms with Gasteiger partial charge in [-0.15, -0.1) is 0 Å². The van der Waals surface area contributed by atoms with Crippen LogP contribution in [0.15, 0.2) is 59.0 Å². The van der Waals surface area contributed by atoms with Crippen LogP contribution in [0.4, 0.5) is 5.69 Å². The fourth-order valence-corrected chi connectivity index (χ4v) is 3.16. The predicted octanol–water partition coefficient (Wildman–Crippen LogP) is 3.86. The van der Waals surface area contributed by atoms with Crippen LogP contribution >= 0.6 is 0 Å². The largest absolute Gasteiger partial charge is 0.451 e. The van der Waals surface area contributed by atoms with E-state index in [0.29, 0.717) is 17.8 Å². The van der Waals surface area contributed by atoms with E-state index in [2.05, 4.69) is 17.6 Å². The van der Waals surface area contributed by atoms with Crippen LogP contribution in [0.25, 0.3) is 11.0 Å². The molecule has 0 saturated heterocycles. The summed E-state index contributed by atoms with van der Waals surface area (Å²) in [5.41, 5.74) is 7.92. The topological polar surface area (TPSA) is 97.4 Å². The number of carbonyl (C=O) groups is 2. The third kappa shape index (κ3) is 5.68. The van der Waals surface area contributed by atoms with Gasteiger partial charge in [0.15, 0.2) is 5.76 Å². The Kier molecular flexibility index (Phi) is 7.03. The highest BCUT2D eigenvalue weighted by Gasteiger charge is 2.13. The minimum Gasteiger partial charge on any atom is -0.451 e. The molecule has 0 spiro atoms. The number of hydrogen-bond donors (Lipinski definition) is 3. The highest BCUT2D eigenvalue weighted by Crippen LogP contribution is 2.20. The highest BCUT2D eigenvalue weighted by atomic mass is 16.3. The first-order valence-electron chi connectivity index (χ1n) is 9.97. The Morgan fingerprint density at radius 1 is 1.10 bits per heavy atom. The third-order valence-corrected chi connectivity index (χ3v) is 4.78. The van der Waals surface area contributed by atoms with Crippen LogP contribution in [0, 0.1) is 0 Å². The number of unbranched alkanes of at least 4 members (excludes halogenated alkanes) is 1. The molecule has 0 aliphatic heterocycles. The van der Waals surface area contributed by atoms with Gasteiger partial charge in [0.1, 0.15) is 5.58 Å². The third-order valence-electron chi connectivity index (χ3n) is 4.78. The van der Waals surface area contributed by atoms with Gasteiger partial charge in [-0.05, 0) is 36.2 Å². The zero-order chi connectivity index (χ0) is 20.6. The van der Waals surface area contributed by atoms with E-state index in [1.807, 2.05) is 36.4 Å². The van der Waals surface area contributed by atoms with Crippen LogP contribution < -0.4 is 16.4 Å². The molecule has 152 valence electrons. The van der Waals surface area contributed by atoms with E-state index in [1.54, 1.807) is 18.2 Å². The molecule has 1 aromatic heterocycles. The van der Waals surface area contributed by atoms with Crippen molar-refractivity contribution >= 4 is 28.5 Å². The molecule has 0 aliphatic carbocycles. The summed E-state index contributed by atoms with van der Waals surface area (Å²) in [6.45, 7) is 2.56. The summed E-state index contributed by atoms with van der Waals surface area (Å²) in [4.78, 5) is 24.6. The zero-order valence-corrected chi connectivity index (χ0v) is 16.6. The lowest BCUT2D eigenvalue weighted by Gasteiger charge is -2.16. The van der Waals surface area contributed by atoms with Crippen LogP contribution in [0.2, 0.25) is 0 Å². The SMILES string of the molecule is CCCCC(CN)NC(=O)Cc1ccc(NC(=O)c2cc3ccccc3o2)cc1. The van der Waals surface area contributed by atoms with Gasteiger partial charge in [0.25, 0.3) is 5.91 Å². The molecule has 1 unspecified atom stereocenters.